The van der Waals surface area contributed by atoms with Crippen molar-refractivity contribution >= 4 is 22.5 Å². The molecule has 2 N–H and O–H groups in total. The largest absolute Gasteiger partial charge is 0.359 e. The zero-order chi connectivity index (χ0) is 10.1. The lowest BCUT2D eigenvalue weighted by Gasteiger charge is -1.98. The van der Waals surface area contributed by atoms with Crippen molar-refractivity contribution in [2.75, 3.05) is 5.32 Å². The topological polar surface area (TPSA) is 44.9 Å². The predicted molar refractivity (Wildman–Crippen MR) is 52.6 cm³/mol. The quantitative estimate of drug-likeness (QED) is 0.715. The molecule has 3 nitrogen and oxygen atoms in total. The summed E-state index contributed by atoms with van der Waals surface area (Å²) in [5, 5.41) is 3.46. The van der Waals surface area contributed by atoms with Gasteiger partial charge in [0.1, 0.15) is 5.82 Å². The Bertz CT molecular complexity index is 490. The summed E-state index contributed by atoms with van der Waals surface area (Å²) >= 11 is 0. The molecule has 1 amide bonds. The van der Waals surface area contributed by atoms with Gasteiger partial charge in [-0.15, -0.1) is 0 Å². The average Bonchev–Trinajstić information content (AvgIpc) is 2.47. The van der Waals surface area contributed by atoms with E-state index in [1.807, 2.05) is 0 Å². The SMILES string of the molecule is CC(=O)Nc1c[nH]c2cc(F)ccc12. The molecule has 0 radical (unpaired) electrons. The number of hydrogen-bond acceptors (Lipinski definition) is 1. The van der Waals surface area contributed by atoms with Crippen LogP contribution >= 0.6 is 0 Å². The van der Waals surface area contributed by atoms with Gasteiger partial charge in [0, 0.05) is 18.5 Å². The van der Waals surface area contributed by atoms with Crippen molar-refractivity contribution in [2.24, 2.45) is 0 Å². The van der Waals surface area contributed by atoms with Crippen LogP contribution in [-0.2, 0) is 4.79 Å². The summed E-state index contributed by atoms with van der Waals surface area (Å²) in [7, 11) is 0. The number of nitrogens with one attached hydrogen (secondary N) is 2. The lowest BCUT2D eigenvalue weighted by molar-refractivity contribution is -0.114. The average molecular weight is 192 g/mol. The molecule has 0 aliphatic heterocycles. The Morgan fingerprint density at radius 1 is 1.50 bits per heavy atom. The van der Waals surface area contributed by atoms with E-state index in [4.69, 9.17) is 0 Å². The van der Waals surface area contributed by atoms with Crippen molar-refractivity contribution in [3.63, 3.8) is 0 Å². The Kier molecular flexibility index (Phi) is 1.96. The van der Waals surface area contributed by atoms with E-state index in [9.17, 15) is 9.18 Å². The molecule has 4 heteroatoms. The van der Waals surface area contributed by atoms with Gasteiger partial charge in [-0.3, -0.25) is 4.79 Å². The van der Waals surface area contributed by atoms with Crippen LogP contribution < -0.4 is 5.32 Å². The van der Waals surface area contributed by atoms with Gasteiger partial charge in [0.15, 0.2) is 0 Å². The number of halogens is 1. The molecular formula is C10H9FN2O. The van der Waals surface area contributed by atoms with Crippen molar-refractivity contribution < 1.29 is 9.18 Å². The third kappa shape index (κ3) is 1.46. The predicted octanol–water partition coefficient (Wildman–Crippen LogP) is 2.27. The lowest BCUT2D eigenvalue weighted by Crippen LogP contribution is -2.04. The zero-order valence-electron chi connectivity index (χ0n) is 7.60. The second kappa shape index (κ2) is 3.14. The molecule has 72 valence electrons. The highest BCUT2D eigenvalue weighted by atomic mass is 19.1. The van der Waals surface area contributed by atoms with Gasteiger partial charge in [-0.05, 0) is 18.2 Å². The molecule has 0 aliphatic rings. The highest BCUT2D eigenvalue weighted by Crippen LogP contribution is 2.23. The fraction of sp³-hybridized carbons (Fsp3) is 0.100. The smallest absolute Gasteiger partial charge is 0.221 e. The van der Waals surface area contributed by atoms with Crippen molar-refractivity contribution in [1.82, 2.24) is 4.98 Å². The van der Waals surface area contributed by atoms with Gasteiger partial charge in [-0.25, -0.2) is 4.39 Å². The highest BCUT2D eigenvalue weighted by molar-refractivity contribution is 6.00. The number of anilines is 1. The lowest BCUT2D eigenvalue weighted by atomic mass is 10.2. The monoisotopic (exact) mass is 192 g/mol. The van der Waals surface area contributed by atoms with Crippen LogP contribution in [0.15, 0.2) is 24.4 Å². The van der Waals surface area contributed by atoms with E-state index in [1.165, 1.54) is 19.1 Å². The third-order valence-corrected chi connectivity index (χ3v) is 1.95. The molecule has 0 unspecified atom stereocenters. The van der Waals surface area contributed by atoms with E-state index < -0.39 is 0 Å². The van der Waals surface area contributed by atoms with Crippen LogP contribution in [0.3, 0.4) is 0 Å². The summed E-state index contributed by atoms with van der Waals surface area (Å²) < 4.78 is 12.8. The molecule has 14 heavy (non-hydrogen) atoms. The first kappa shape index (κ1) is 8.74. The molecule has 0 saturated carbocycles. The van der Waals surface area contributed by atoms with Gasteiger partial charge < -0.3 is 10.3 Å². The Hall–Kier alpha value is -1.84. The molecule has 0 bridgehead atoms. The molecule has 0 atom stereocenters. The first-order valence-corrected chi connectivity index (χ1v) is 4.21. The molecule has 1 aromatic heterocycles. The molecule has 0 fully saturated rings. The Labute approximate surface area is 79.9 Å². The molecule has 2 aromatic rings. The molecule has 1 aromatic carbocycles. The van der Waals surface area contributed by atoms with Crippen LogP contribution in [0.1, 0.15) is 6.92 Å². The van der Waals surface area contributed by atoms with Crippen molar-refractivity contribution in [1.29, 1.82) is 0 Å². The molecule has 0 spiro atoms. The van der Waals surface area contributed by atoms with Crippen LogP contribution in [0.25, 0.3) is 10.9 Å². The number of aromatic amines is 1. The van der Waals surface area contributed by atoms with Crippen molar-refractivity contribution in [3.05, 3.63) is 30.2 Å². The van der Waals surface area contributed by atoms with Gasteiger partial charge in [0.05, 0.1) is 11.2 Å². The zero-order valence-corrected chi connectivity index (χ0v) is 7.60. The van der Waals surface area contributed by atoms with Crippen LogP contribution in [0.4, 0.5) is 10.1 Å². The minimum atomic E-state index is -0.297. The summed E-state index contributed by atoms with van der Waals surface area (Å²) in [6.07, 6.45) is 1.64. The summed E-state index contributed by atoms with van der Waals surface area (Å²) in [5.74, 6) is -0.441. The number of carbonyl (C=O) groups excluding carboxylic acids is 1. The number of benzene rings is 1. The maximum atomic E-state index is 12.8. The normalized spacial score (nSPS) is 10.4. The Morgan fingerprint density at radius 3 is 3.00 bits per heavy atom. The van der Waals surface area contributed by atoms with Gasteiger partial charge in [0.25, 0.3) is 0 Å². The van der Waals surface area contributed by atoms with Gasteiger partial charge in [-0.1, -0.05) is 0 Å². The summed E-state index contributed by atoms with van der Waals surface area (Å²) in [5.41, 5.74) is 1.35. The first-order chi connectivity index (χ1) is 6.66. The van der Waals surface area contributed by atoms with Crippen LogP contribution in [0.2, 0.25) is 0 Å². The maximum Gasteiger partial charge on any atom is 0.221 e. The fourth-order valence-corrected chi connectivity index (χ4v) is 1.39. The molecule has 1 heterocycles. The van der Waals surface area contributed by atoms with Crippen molar-refractivity contribution in [2.45, 2.75) is 6.92 Å². The Balaban J connectivity index is 2.52. The molecule has 0 aliphatic carbocycles. The number of amides is 1. The van der Waals surface area contributed by atoms with Gasteiger partial charge in [0.2, 0.25) is 5.91 Å². The van der Waals surface area contributed by atoms with E-state index in [0.717, 1.165) is 5.39 Å². The first-order valence-electron chi connectivity index (χ1n) is 4.21. The number of hydrogen-bond donors (Lipinski definition) is 2. The second-order valence-electron chi connectivity index (χ2n) is 3.07. The van der Waals surface area contributed by atoms with E-state index in [0.29, 0.717) is 11.2 Å². The molecule has 0 saturated heterocycles. The maximum absolute atomic E-state index is 12.8. The van der Waals surface area contributed by atoms with Crippen molar-refractivity contribution in [3.8, 4) is 0 Å². The molecular weight excluding hydrogens is 183 g/mol. The summed E-state index contributed by atoms with van der Waals surface area (Å²) in [4.78, 5) is 13.7. The van der Waals surface area contributed by atoms with Crippen LogP contribution in [0, 0.1) is 5.82 Å². The van der Waals surface area contributed by atoms with Crippen LogP contribution in [-0.4, -0.2) is 10.9 Å². The number of H-pyrrole nitrogens is 1. The highest BCUT2D eigenvalue weighted by Gasteiger charge is 2.04. The minimum Gasteiger partial charge on any atom is -0.359 e. The van der Waals surface area contributed by atoms with E-state index in [2.05, 4.69) is 10.3 Å². The van der Waals surface area contributed by atoms with E-state index in [1.54, 1.807) is 12.3 Å². The fourth-order valence-electron chi connectivity index (χ4n) is 1.39. The van der Waals surface area contributed by atoms with Crippen LogP contribution in [0.5, 0.6) is 0 Å². The standard InChI is InChI=1S/C10H9FN2O/c1-6(14)13-10-5-12-9-4-7(11)2-3-8(9)10/h2-5,12H,1H3,(H,13,14). The Morgan fingerprint density at radius 2 is 2.29 bits per heavy atom. The number of fused-ring (bicyclic) bond motifs is 1. The van der Waals surface area contributed by atoms with Gasteiger partial charge in [-0.2, -0.15) is 0 Å². The number of carbonyl (C=O) groups is 1. The van der Waals surface area contributed by atoms with E-state index >= 15 is 0 Å². The third-order valence-electron chi connectivity index (χ3n) is 1.95. The number of rotatable bonds is 1. The van der Waals surface area contributed by atoms with Gasteiger partial charge >= 0.3 is 0 Å². The summed E-state index contributed by atoms with van der Waals surface area (Å²) in [6.45, 7) is 1.43. The minimum absolute atomic E-state index is 0.143. The molecule has 2 rings (SSSR count). The summed E-state index contributed by atoms with van der Waals surface area (Å²) in [6, 6.07) is 4.38. The number of aromatic nitrogens is 1. The second-order valence-corrected chi connectivity index (χ2v) is 3.07. The van der Waals surface area contributed by atoms with E-state index in [-0.39, 0.29) is 11.7 Å².